The predicted molar refractivity (Wildman–Crippen MR) is 106 cm³/mol. The topological polar surface area (TPSA) is 128 Å². The summed E-state index contributed by atoms with van der Waals surface area (Å²) in [6.45, 7) is 1.47. The predicted octanol–water partition coefficient (Wildman–Crippen LogP) is 2.04. The number of anilines is 1. The van der Waals surface area contributed by atoms with Crippen molar-refractivity contribution in [3.05, 3.63) is 71.6 Å². The van der Waals surface area contributed by atoms with E-state index in [1.165, 1.54) is 35.6 Å². The molecule has 0 saturated heterocycles. The minimum absolute atomic E-state index is 0.0107. The Morgan fingerprint density at radius 2 is 1.93 bits per heavy atom. The molecule has 3 rings (SSSR count). The van der Waals surface area contributed by atoms with Crippen molar-refractivity contribution < 1.29 is 18.6 Å². The van der Waals surface area contributed by atoms with E-state index in [2.05, 4.69) is 15.2 Å². The van der Waals surface area contributed by atoms with Crippen LogP contribution < -0.4 is 21.3 Å². The van der Waals surface area contributed by atoms with E-state index in [0.29, 0.717) is 28.6 Å². The van der Waals surface area contributed by atoms with Crippen molar-refractivity contribution >= 4 is 5.69 Å². The third-order valence-corrected chi connectivity index (χ3v) is 4.21. The Morgan fingerprint density at radius 3 is 2.47 bits per heavy atom. The fourth-order valence-electron chi connectivity index (χ4n) is 2.55. The fourth-order valence-corrected chi connectivity index (χ4v) is 2.55. The summed E-state index contributed by atoms with van der Waals surface area (Å²) >= 11 is 0. The van der Waals surface area contributed by atoms with Crippen molar-refractivity contribution in [3.8, 4) is 11.7 Å². The minimum atomic E-state index is -2.56. The number of nitrogens with two attached hydrogens (primary N) is 2. The van der Waals surface area contributed by atoms with Crippen LogP contribution in [-0.2, 0) is 6.61 Å². The summed E-state index contributed by atoms with van der Waals surface area (Å²) in [6, 6.07) is 8.84. The molecular formula is C19H21F2N7O2. The molecule has 0 spiro atoms. The monoisotopic (exact) mass is 417 g/mol. The molecule has 9 nitrogen and oxygen atoms in total. The number of ether oxygens (including phenoxy) is 1. The molecule has 0 fully saturated rings. The Morgan fingerprint density at radius 1 is 1.20 bits per heavy atom. The van der Waals surface area contributed by atoms with E-state index in [9.17, 15) is 8.78 Å². The van der Waals surface area contributed by atoms with Gasteiger partial charge in [-0.15, -0.1) is 10.2 Å². The lowest BCUT2D eigenvalue weighted by Crippen LogP contribution is -2.35. The normalized spacial score (nSPS) is 12.1. The van der Waals surface area contributed by atoms with Crippen LogP contribution in [0.5, 0.6) is 5.88 Å². The highest BCUT2D eigenvalue weighted by molar-refractivity contribution is 5.52. The van der Waals surface area contributed by atoms with Crippen molar-refractivity contribution in [1.29, 1.82) is 0 Å². The molecule has 0 atom stereocenters. The average molecular weight is 417 g/mol. The van der Waals surface area contributed by atoms with Crippen molar-refractivity contribution in [1.82, 2.24) is 19.7 Å². The first-order chi connectivity index (χ1) is 14.4. The maximum Gasteiger partial charge on any atom is 0.263 e. The van der Waals surface area contributed by atoms with Crippen LogP contribution >= 0.6 is 0 Å². The number of rotatable bonds is 8. The number of imidazole rings is 1. The first-order valence-electron chi connectivity index (χ1n) is 8.88. The average Bonchev–Trinajstić information content (AvgIpc) is 3.23. The largest absolute Gasteiger partial charge is 0.470 e. The Balaban J connectivity index is 1.68. The first-order valence-corrected chi connectivity index (χ1v) is 8.88. The van der Waals surface area contributed by atoms with Crippen molar-refractivity contribution in [2.45, 2.75) is 20.0 Å². The second-order valence-electron chi connectivity index (χ2n) is 6.34. The smallest absolute Gasteiger partial charge is 0.263 e. The van der Waals surface area contributed by atoms with Gasteiger partial charge in [0, 0.05) is 23.5 Å². The first kappa shape index (κ1) is 21.1. The Hall–Kier alpha value is -3.57. The van der Waals surface area contributed by atoms with Crippen LogP contribution in [0.3, 0.4) is 0 Å². The number of allylic oxidation sites excluding steroid dienone is 1. The molecule has 0 aliphatic heterocycles. The van der Waals surface area contributed by atoms with Gasteiger partial charge in [0.15, 0.2) is 5.82 Å². The maximum absolute atomic E-state index is 12.7. The van der Waals surface area contributed by atoms with Crippen LogP contribution in [0.1, 0.15) is 24.6 Å². The van der Waals surface area contributed by atoms with Crippen LogP contribution in [0.25, 0.3) is 5.82 Å². The molecule has 0 saturated carbocycles. The van der Waals surface area contributed by atoms with Crippen molar-refractivity contribution in [2.75, 3.05) is 11.6 Å². The van der Waals surface area contributed by atoms with Gasteiger partial charge in [-0.05, 0) is 25.1 Å². The van der Waals surface area contributed by atoms with Gasteiger partial charge in [0.25, 0.3) is 6.43 Å². The van der Waals surface area contributed by atoms with Gasteiger partial charge < -0.3 is 15.6 Å². The van der Waals surface area contributed by atoms with Gasteiger partial charge in [-0.25, -0.2) is 19.6 Å². The molecule has 2 heterocycles. The van der Waals surface area contributed by atoms with E-state index in [4.69, 9.17) is 21.4 Å². The number of hydrogen-bond acceptors (Lipinski definition) is 8. The molecule has 3 aromatic rings. The number of aliphatic hydroxyl groups is 1. The zero-order valence-electron chi connectivity index (χ0n) is 16.1. The van der Waals surface area contributed by atoms with Crippen molar-refractivity contribution in [2.24, 2.45) is 11.6 Å². The molecule has 5 N–H and O–H groups in total. The summed E-state index contributed by atoms with van der Waals surface area (Å²) in [5, 5.41) is 18.4. The number of aromatic nitrogens is 4. The van der Waals surface area contributed by atoms with Crippen LogP contribution in [0.4, 0.5) is 14.5 Å². The second kappa shape index (κ2) is 9.29. The number of nitrogens with zero attached hydrogens (tertiary/aromatic N) is 5. The van der Waals surface area contributed by atoms with Gasteiger partial charge in [0.05, 0.1) is 23.7 Å². The lowest BCUT2D eigenvalue weighted by atomic mass is 10.2. The number of benzene rings is 1. The number of alkyl halides is 2. The Kier molecular flexibility index (Phi) is 6.54. The van der Waals surface area contributed by atoms with Crippen LogP contribution in [0.15, 0.2) is 60.3 Å². The third-order valence-electron chi connectivity index (χ3n) is 4.21. The Bertz CT molecular complexity index is 1000. The molecule has 0 aliphatic carbocycles. The zero-order valence-corrected chi connectivity index (χ0v) is 16.1. The van der Waals surface area contributed by atoms with Crippen LogP contribution in [-0.4, -0.2) is 31.5 Å². The molecule has 1 aromatic carbocycles. The third kappa shape index (κ3) is 4.88. The minimum Gasteiger partial charge on any atom is -0.470 e. The van der Waals surface area contributed by atoms with E-state index >= 15 is 0 Å². The highest BCUT2D eigenvalue weighted by atomic mass is 19.3. The summed E-state index contributed by atoms with van der Waals surface area (Å²) in [6.07, 6.45) is 0.591. The highest BCUT2D eigenvalue weighted by Crippen LogP contribution is 2.23. The summed E-state index contributed by atoms with van der Waals surface area (Å²) in [4.78, 5) is 4.01. The van der Waals surface area contributed by atoms with Crippen molar-refractivity contribution in [3.63, 3.8) is 0 Å². The molecule has 158 valence electrons. The quantitative estimate of drug-likeness (QED) is 0.375. The van der Waals surface area contributed by atoms with Gasteiger partial charge in [-0.3, -0.25) is 9.58 Å². The molecule has 2 aromatic heterocycles. The number of halogens is 2. The maximum atomic E-state index is 12.7. The molecule has 0 aliphatic rings. The van der Waals surface area contributed by atoms with E-state index in [0.717, 1.165) is 0 Å². The van der Waals surface area contributed by atoms with E-state index in [-0.39, 0.29) is 24.7 Å². The molecule has 0 amide bonds. The SMILES string of the molecule is C/C(N)=C(\COc1ccc(-n2cnc(CO)c2)nn1)N(N)c1ccc(C(F)F)cc1. The molecule has 11 heteroatoms. The van der Waals surface area contributed by atoms with E-state index in [1.54, 1.807) is 29.8 Å². The van der Waals surface area contributed by atoms with Crippen LogP contribution in [0.2, 0.25) is 0 Å². The van der Waals surface area contributed by atoms with Gasteiger partial charge in [-0.2, -0.15) is 0 Å². The fraction of sp³-hybridized carbons (Fsp3) is 0.211. The van der Waals surface area contributed by atoms with Gasteiger partial charge in [0.2, 0.25) is 5.88 Å². The van der Waals surface area contributed by atoms with Gasteiger partial charge in [0.1, 0.15) is 12.9 Å². The number of aliphatic hydroxyl groups excluding tert-OH is 1. The van der Waals surface area contributed by atoms with E-state index < -0.39 is 6.43 Å². The molecule has 0 bridgehead atoms. The molecule has 0 unspecified atom stereocenters. The molecule has 0 radical (unpaired) electrons. The zero-order chi connectivity index (χ0) is 21.7. The Labute approximate surface area is 171 Å². The second-order valence-corrected chi connectivity index (χ2v) is 6.34. The van der Waals surface area contributed by atoms with Gasteiger partial charge >= 0.3 is 0 Å². The molecular weight excluding hydrogens is 396 g/mol. The highest BCUT2D eigenvalue weighted by Gasteiger charge is 2.14. The number of hydrazine groups is 1. The number of hydrogen-bond donors (Lipinski definition) is 3. The summed E-state index contributed by atoms with van der Waals surface area (Å²) in [5.74, 6) is 6.84. The summed E-state index contributed by atoms with van der Waals surface area (Å²) in [5.41, 5.74) is 7.65. The summed E-state index contributed by atoms with van der Waals surface area (Å²) in [7, 11) is 0. The molecule has 30 heavy (non-hydrogen) atoms. The standard InChI is InChI=1S/C19H21F2N7O2/c1-12(22)16(28(23)15-4-2-13(3-5-15)19(20)21)10-30-18-7-6-17(25-26-18)27-8-14(9-29)24-11-27/h2-8,11,19,29H,9-10,22-23H2,1H3/b16-12-. The van der Waals surface area contributed by atoms with E-state index in [1.807, 2.05) is 0 Å². The summed E-state index contributed by atoms with van der Waals surface area (Å²) < 4.78 is 32.7. The van der Waals surface area contributed by atoms with Gasteiger partial charge in [-0.1, -0.05) is 12.1 Å². The lowest BCUT2D eigenvalue weighted by Gasteiger charge is -2.23. The lowest BCUT2D eigenvalue weighted by molar-refractivity contribution is 0.151. The van der Waals surface area contributed by atoms with Crippen LogP contribution in [0, 0.1) is 0 Å².